The van der Waals surface area contributed by atoms with Crippen molar-refractivity contribution in [1.82, 2.24) is 0 Å². The molecule has 7 rings (SSSR count). The summed E-state index contributed by atoms with van der Waals surface area (Å²) < 4.78 is 31.9. The predicted octanol–water partition coefficient (Wildman–Crippen LogP) is 14.7. The number of rotatable bonds is 9. The number of nitrogens with one attached hydrogen (secondary N) is 3. The van der Waals surface area contributed by atoms with E-state index in [4.69, 9.17) is 5.11 Å². The number of halogens is 3. The van der Waals surface area contributed by atoms with Crippen LogP contribution in [0.3, 0.4) is 0 Å². The molecule has 6 N–H and O–H groups in total. The molecule has 0 saturated carbocycles. The summed E-state index contributed by atoms with van der Waals surface area (Å²) in [4.78, 5) is 0. The largest absolute Gasteiger partial charge is 0.455 e. The van der Waals surface area contributed by atoms with Gasteiger partial charge in [-0.05, 0) is 148 Å². The number of fused-ring (bicyclic) bond motifs is 1. The molecule has 0 spiro atoms. The second-order valence-corrected chi connectivity index (χ2v) is 16.4. The van der Waals surface area contributed by atoms with Gasteiger partial charge >= 0.3 is 5.51 Å². The Bertz CT molecular complexity index is 2430. The third-order valence-electron chi connectivity index (χ3n) is 10.7. The third kappa shape index (κ3) is 11.6. The van der Waals surface area contributed by atoms with Gasteiger partial charge in [0.05, 0.1) is 0 Å². The van der Waals surface area contributed by atoms with E-state index in [0.717, 1.165) is 24.2 Å². The number of alkyl halides is 3. The van der Waals surface area contributed by atoms with Gasteiger partial charge in [-0.2, -0.15) is 13.2 Å². The Balaban J connectivity index is 0.000000811. The van der Waals surface area contributed by atoms with Crippen molar-refractivity contribution >= 4 is 56.8 Å². The van der Waals surface area contributed by atoms with Crippen LogP contribution in [-0.2, 0) is 0 Å². The number of nitrogens with two attached hydrogens (primary N) is 1. The third-order valence-corrected chi connectivity index (χ3v) is 11.0. The summed E-state index contributed by atoms with van der Waals surface area (Å²) in [6, 6.07) is 44.9. The van der Waals surface area contributed by atoms with E-state index >= 15 is 0 Å². The summed E-state index contributed by atoms with van der Waals surface area (Å²) in [6.45, 7) is 19.6. The maximum atomic E-state index is 10.6. The zero-order valence-corrected chi connectivity index (χ0v) is 37.5. The van der Waals surface area contributed by atoms with Gasteiger partial charge in [0.2, 0.25) is 0 Å². The van der Waals surface area contributed by atoms with Crippen LogP contribution in [0.2, 0.25) is 0 Å². The molecule has 0 heterocycles. The van der Waals surface area contributed by atoms with Crippen molar-refractivity contribution in [2.45, 2.75) is 73.7 Å². The second kappa shape index (κ2) is 20.2. The van der Waals surface area contributed by atoms with Gasteiger partial charge in [-0.1, -0.05) is 108 Å². The van der Waals surface area contributed by atoms with Gasteiger partial charge in [0.15, 0.2) is 0 Å². The highest BCUT2D eigenvalue weighted by molar-refractivity contribution is 7.97. The van der Waals surface area contributed by atoms with Crippen LogP contribution in [0.25, 0.3) is 10.8 Å². The molecule has 5 nitrogen and oxygen atoms in total. The lowest BCUT2D eigenvalue weighted by Crippen LogP contribution is -2.06. The number of anilines is 6. The number of hydrogen-bond acceptors (Lipinski definition) is 6. The van der Waals surface area contributed by atoms with Crippen LogP contribution in [0.1, 0.15) is 72.7 Å². The first-order valence-corrected chi connectivity index (χ1v) is 21.0. The molecule has 0 aliphatic rings. The molecule has 0 fully saturated rings. The zero-order chi connectivity index (χ0) is 44.6. The van der Waals surface area contributed by atoms with Crippen molar-refractivity contribution in [3.63, 3.8) is 0 Å². The van der Waals surface area contributed by atoms with Crippen LogP contribution in [-0.4, -0.2) is 17.7 Å². The fraction of sp³-hybridized carbons (Fsp3) is 0.231. The quantitative estimate of drug-likeness (QED) is 0.0736. The molecule has 7 aromatic rings. The van der Waals surface area contributed by atoms with Crippen molar-refractivity contribution in [3.8, 4) is 0 Å². The van der Waals surface area contributed by atoms with E-state index in [1.807, 2.05) is 0 Å². The summed E-state index contributed by atoms with van der Waals surface area (Å²) in [6.07, 6.45) is 0. The Morgan fingerprint density at radius 1 is 0.475 bits per heavy atom. The molecule has 0 aliphatic heterocycles. The van der Waals surface area contributed by atoms with Crippen LogP contribution in [0.5, 0.6) is 0 Å². The normalized spacial score (nSPS) is 11.1. The fourth-order valence-corrected chi connectivity index (χ4v) is 8.31. The minimum absolute atomic E-state index is 0.0191. The Labute approximate surface area is 363 Å². The van der Waals surface area contributed by atoms with E-state index in [1.165, 1.54) is 94.6 Å². The highest BCUT2D eigenvalue weighted by atomic mass is 32.2. The van der Waals surface area contributed by atoms with E-state index in [9.17, 15) is 13.2 Å². The van der Waals surface area contributed by atoms with Gasteiger partial charge < -0.3 is 21.1 Å². The molecule has 0 radical (unpaired) electrons. The molecule has 0 atom stereocenters. The van der Waals surface area contributed by atoms with Gasteiger partial charge in [0.25, 0.3) is 0 Å². The van der Waals surface area contributed by atoms with Crippen molar-refractivity contribution in [1.29, 1.82) is 0 Å². The summed E-state index contributed by atoms with van der Waals surface area (Å²) in [5.41, 5.74) is 17.7. The molecule has 0 saturated heterocycles. The number of aryl methyl sites for hydroxylation is 9. The SMILES string of the molecule is CO.Cc1cc(C)c(Nc2ccc(C(c3ccc(Nc4c(C)cc(C)cc4C)cc3)c3ccc(Nc4c(C)cc(C)cc4C)c4ccccc34)cc2)c(C)c1.NSC(F)(F)F. The van der Waals surface area contributed by atoms with Crippen molar-refractivity contribution in [3.05, 3.63) is 188 Å². The van der Waals surface area contributed by atoms with Crippen molar-refractivity contribution in [2.24, 2.45) is 5.14 Å². The zero-order valence-electron chi connectivity index (χ0n) is 36.7. The smallest absolute Gasteiger partial charge is 0.400 e. The highest BCUT2D eigenvalue weighted by Crippen LogP contribution is 2.41. The monoisotopic (exact) mass is 842 g/mol. The maximum Gasteiger partial charge on any atom is 0.455 e. The molecule has 7 aromatic carbocycles. The van der Waals surface area contributed by atoms with Crippen molar-refractivity contribution < 1.29 is 18.3 Å². The summed E-state index contributed by atoms with van der Waals surface area (Å²) >= 11 is -0.618. The van der Waals surface area contributed by atoms with Crippen LogP contribution in [0.15, 0.2) is 121 Å². The molecule has 0 bridgehead atoms. The number of benzene rings is 7. The topological polar surface area (TPSA) is 82.3 Å². The van der Waals surface area contributed by atoms with E-state index in [0.29, 0.717) is 0 Å². The molecular formula is C52H57F3N4OS. The Morgan fingerprint density at radius 2 is 0.803 bits per heavy atom. The summed E-state index contributed by atoms with van der Waals surface area (Å²) in [5.74, 6) is 0.0191. The van der Waals surface area contributed by atoms with E-state index in [-0.39, 0.29) is 5.92 Å². The number of aliphatic hydroxyl groups excluding tert-OH is 1. The molecule has 0 amide bonds. The molecule has 318 valence electrons. The van der Waals surface area contributed by atoms with Gasteiger partial charge in [-0.15, -0.1) is 0 Å². The van der Waals surface area contributed by atoms with Gasteiger partial charge in [-0.3, -0.25) is 5.14 Å². The lowest BCUT2D eigenvalue weighted by molar-refractivity contribution is -0.0328. The van der Waals surface area contributed by atoms with Crippen LogP contribution < -0.4 is 21.1 Å². The first-order valence-electron chi connectivity index (χ1n) is 20.2. The van der Waals surface area contributed by atoms with E-state index < -0.39 is 17.5 Å². The van der Waals surface area contributed by atoms with Crippen LogP contribution >= 0.6 is 11.9 Å². The summed E-state index contributed by atoms with van der Waals surface area (Å²) in [5, 5.41) is 24.8. The Morgan fingerprint density at radius 3 is 1.15 bits per heavy atom. The minimum Gasteiger partial charge on any atom is -0.400 e. The second-order valence-electron chi connectivity index (χ2n) is 15.7. The molecule has 61 heavy (non-hydrogen) atoms. The fourth-order valence-electron chi connectivity index (χ4n) is 8.31. The van der Waals surface area contributed by atoms with E-state index in [1.54, 1.807) is 0 Å². The standard InChI is InChI=1S/C50H51N3.CH2F3NS.CH4O/c1-30-24-33(4)48(34(5)25-30)51-41-18-14-39(15-19-41)47(40-16-20-42(21-17-40)52-49-35(6)26-31(2)27-36(49)7)45-22-23-46(44-13-11-10-12-43(44)45)53-50-37(8)28-32(3)29-38(50)9;2-1(3,4)6-5;1-2/h10-29,47,51-53H,1-9H3;5H2;2H,1H3. The molecule has 0 aromatic heterocycles. The van der Waals surface area contributed by atoms with E-state index in [2.05, 4.69) is 205 Å². The van der Waals surface area contributed by atoms with Gasteiger partial charge in [-0.25, -0.2) is 0 Å². The summed E-state index contributed by atoms with van der Waals surface area (Å²) in [7, 11) is 1.00. The van der Waals surface area contributed by atoms with Crippen LogP contribution in [0, 0.1) is 62.3 Å². The number of hydrogen-bond donors (Lipinski definition) is 5. The Hall–Kier alpha value is -5.74. The molecule has 0 aliphatic carbocycles. The van der Waals surface area contributed by atoms with Gasteiger partial charge in [0.1, 0.15) is 0 Å². The first kappa shape index (κ1) is 46.3. The highest BCUT2D eigenvalue weighted by Gasteiger charge is 2.25. The maximum absolute atomic E-state index is 10.6. The molecule has 9 heteroatoms. The predicted molar refractivity (Wildman–Crippen MR) is 256 cm³/mol. The van der Waals surface area contributed by atoms with Crippen LogP contribution in [0.4, 0.5) is 47.3 Å². The lowest BCUT2D eigenvalue weighted by Gasteiger charge is -2.24. The molecule has 0 unspecified atom stereocenters. The lowest BCUT2D eigenvalue weighted by atomic mass is 9.82. The first-order chi connectivity index (χ1) is 29.0. The average molecular weight is 843 g/mol. The average Bonchev–Trinajstić information content (AvgIpc) is 3.21. The van der Waals surface area contributed by atoms with Crippen molar-refractivity contribution in [2.75, 3.05) is 23.1 Å². The molecular weight excluding hydrogens is 786 g/mol. The Kier molecular flexibility index (Phi) is 15.4. The van der Waals surface area contributed by atoms with Gasteiger partial charge in [0, 0.05) is 64.5 Å². The number of aliphatic hydroxyl groups is 1. The minimum atomic E-state index is -4.26.